The van der Waals surface area contributed by atoms with Crippen LogP contribution < -0.4 is 15.6 Å². The van der Waals surface area contributed by atoms with Gasteiger partial charge >= 0.3 is 0 Å². The molecule has 104 valence electrons. The Morgan fingerprint density at radius 1 is 1.30 bits per heavy atom. The van der Waals surface area contributed by atoms with Gasteiger partial charge in [-0.05, 0) is 18.1 Å². The van der Waals surface area contributed by atoms with E-state index in [2.05, 4.69) is 20.8 Å². The van der Waals surface area contributed by atoms with Crippen LogP contribution in [0.1, 0.15) is 11.1 Å². The average Bonchev–Trinajstić information content (AvgIpc) is 2.48. The second-order valence-corrected chi connectivity index (χ2v) is 4.20. The summed E-state index contributed by atoms with van der Waals surface area (Å²) >= 11 is 0. The van der Waals surface area contributed by atoms with Crippen LogP contribution in [0.2, 0.25) is 0 Å². The number of amides is 1. The van der Waals surface area contributed by atoms with Crippen LogP contribution in [0.25, 0.3) is 0 Å². The van der Waals surface area contributed by atoms with Gasteiger partial charge in [0.2, 0.25) is 17.7 Å². The van der Waals surface area contributed by atoms with E-state index in [9.17, 15) is 4.79 Å². The van der Waals surface area contributed by atoms with Gasteiger partial charge in [-0.15, -0.1) is 0 Å². The highest BCUT2D eigenvalue weighted by Gasteiger charge is 2.06. The molecule has 0 aliphatic carbocycles. The zero-order chi connectivity index (χ0) is 14.4. The minimum Gasteiger partial charge on any atom is -0.481 e. The second kappa shape index (κ2) is 6.51. The quantitative estimate of drug-likeness (QED) is 0.806. The van der Waals surface area contributed by atoms with Gasteiger partial charge in [0.1, 0.15) is 0 Å². The fraction of sp³-hybridized carbons (Fsp3) is 0.214. The van der Waals surface area contributed by atoms with Crippen LogP contribution in [-0.4, -0.2) is 23.0 Å². The van der Waals surface area contributed by atoms with E-state index in [1.807, 2.05) is 31.2 Å². The van der Waals surface area contributed by atoms with Crippen molar-refractivity contribution >= 4 is 11.9 Å². The number of nitrogens with zero attached hydrogens (tertiary/aromatic N) is 2. The molecular formula is C14H16N4O2. The number of ether oxygens (including phenoxy) is 1. The molecule has 0 spiro atoms. The number of carbonyl (C=O) groups is 1. The molecule has 0 saturated carbocycles. The van der Waals surface area contributed by atoms with Crippen molar-refractivity contribution in [1.82, 2.24) is 15.4 Å². The Morgan fingerprint density at radius 3 is 2.85 bits per heavy atom. The molecule has 0 radical (unpaired) electrons. The first kappa shape index (κ1) is 13.8. The largest absolute Gasteiger partial charge is 0.481 e. The molecule has 0 saturated heterocycles. The number of anilines is 1. The first-order valence-electron chi connectivity index (χ1n) is 6.15. The third kappa shape index (κ3) is 3.68. The van der Waals surface area contributed by atoms with Crippen LogP contribution in [0.5, 0.6) is 5.88 Å². The third-order valence-electron chi connectivity index (χ3n) is 2.77. The normalized spacial score (nSPS) is 9.90. The molecule has 0 aliphatic rings. The summed E-state index contributed by atoms with van der Waals surface area (Å²) in [5.74, 6) is 0.545. The molecule has 20 heavy (non-hydrogen) atoms. The van der Waals surface area contributed by atoms with E-state index < -0.39 is 0 Å². The Balaban J connectivity index is 1.90. The highest BCUT2D eigenvalue weighted by Crippen LogP contribution is 2.08. The lowest BCUT2D eigenvalue weighted by Crippen LogP contribution is -2.31. The maximum atomic E-state index is 11.8. The van der Waals surface area contributed by atoms with E-state index in [1.54, 1.807) is 12.3 Å². The number of carbonyl (C=O) groups excluding carboxylic acids is 1. The molecule has 1 aromatic heterocycles. The molecule has 0 aliphatic heterocycles. The molecule has 1 amide bonds. The first-order valence-corrected chi connectivity index (χ1v) is 6.15. The van der Waals surface area contributed by atoms with Gasteiger partial charge in [0.25, 0.3) is 0 Å². The predicted octanol–water partition coefficient (Wildman–Crippen LogP) is 1.48. The molecule has 0 unspecified atom stereocenters. The number of hydrogen-bond donors (Lipinski definition) is 2. The van der Waals surface area contributed by atoms with Gasteiger partial charge in [-0.3, -0.25) is 15.6 Å². The highest BCUT2D eigenvalue weighted by molar-refractivity contribution is 5.79. The summed E-state index contributed by atoms with van der Waals surface area (Å²) in [5.41, 5.74) is 7.28. The second-order valence-electron chi connectivity index (χ2n) is 4.20. The van der Waals surface area contributed by atoms with Crippen molar-refractivity contribution in [3.63, 3.8) is 0 Å². The van der Waals surface area contributed by atoms with Crippen molar-refractivity contribution in [2.75, 3.05) is 12.5 Å². The van der Waals surface area contributed by atoms with Crippen LogP contribution >= 0.6 is 0 Å². The van der Waals surface area contributed by atoms with Crippen LogP contribution in [0.15, 0.2) is 36.5 Å². The Morgan fingerprint density at radius 2 is 2.10 bits per heavy atom. The SMILES string of the molecule is COc1ccnc(NNC(=O)Cc2ccccc2C)n1. The third-order valence-corrected chi connectivity index (χ3v) is 2.77. The van der Waals surface area contributed by atoms with Gasteiger partial charge in [-0.2, -0.15) is 4.98 Å². The molecule has 0 bridgehead atoms. The van der Waals surface area contributed by atoms with Gasteiger partial charge < -0.3 is 4.74 Å². The zero-order valence-corrected chi connectivity index (χ0v) is 11.4. The summed E-state index contributed by atoms with van der Waals surface area (Å²) in [6.45, 7) is 1.97. The summed E-state index contributed by atoms with van der Waals surface area (Å²) in [6, 6.07) is 9.38. The molecule has 0 fully saturated rings. The maximum Gasteiger partial charge on any atom is 0.245 e. The van der Waals surface area contributed by atoms with Gasteiger partial charge in [0, 0.05) is 12.3 Å². The number of methoxy groups -OCH3 is 1. The number of hydrazine groups is 1. The Labute approximate surface area is 117 Å². The number of aryl methyl sites for hydroxylation is 1. The molecule has 6 nitrogen and oxygen atoms in total. The van der Waals surface area contributed by atoms with E-state index in [0.29, 0.717) is 12.3 Å². The van der Waals surface area contributed by atoms with Crippen LogP contribution in [0, 0.1) is 6.92 Å². The van der Waals surface area contributed by atoms with E-state index in [4.69, 9.17) is 4.74 Å². The average molecular weight is 272 g/mol. The number of benzene rings is 1. The number of nitrogens with one attached hydrogen (secondary N) is 2. The molecule has 0 atom stereocenters. The maximum absolute atomic E-state index is 11.8. The van der Waals surface area contributed by atoms with Crippen molar-refractivity contribution in [3.8, 4) is 5.88 Å². The van der Waals surface area contributed by atoms with Gasteiger partial charge in [0.15, 0.2) is 0 Å². The molecule has 6 heteroatoms. The van der Waals surface area contributed by atoms with E-state index in [-0.39, 0.29) is 11.9 Å². The standard InChI is InChI=1S/C14H16N4O2/c1-10-5-3-4-6-11(10)9-12(19)17-18-14-15-8-7-13(16-14)20-2/h3-8H,9H2,1-2H3,(H,17,19)(H,15,16,18). The summed E-state index contributed by atoms with van der Waals surface area (Å²) in [6.07, 6.45) is 1.84. The monoisotopic (exact) mass is 272 g/mol. The zero-order valence-electron chi connectivity index (χ0n) is 11.4. The Kier molecular flexibility index (Phi) is 4.49. The number of rotatable bonds is 5. The lowest BCUT2D eigenvalue weighted by atomic mass is 10.1. The molecule has 2 aromatic rings. The Bertz CT molecular complexity index is 601. The van der Waals surface area contributed by atoms with Crippen LogP contribution in [0.3, 0.4) is 0 Å². The van der Waals surface area contributed by atoms with Crippen LogP contribution in [0.4, 0.5) is 5.95 Å². The Hall–Kier alpha value is -2.63. The van der Waals surface area contributed by atoms with Gasteiger partial charge in [0.05, 0.1) is 13.5 Å². The smallest absolute Gasteiger partial charge is 0.245 e. The summed E-state index contributed by atoms with van der Waals surface area (Å²) in [7, 11) is 1.52. The van der Waals surface area contributed by atoms with Gasteiger partial charge in [-0.1, -0.05) is 24.3 Å². The molecule has 1 heterocycles. The first-order chi connectivity index (χ1) is 9.69. The fourth-order valence-corrected chi connectivity index (χ4v) is 1.67. The molecule has 1 aromatic carbocycles. The predicted molar refractivity (Wildman–Crippen MR) is 75.2 cm³/mol. The van der Waals surface area contributed by atoms with E-state index >= 15 is 0 Å². The summed E-state index contributed by atoms with van der Waals surface area (Å²) in [4.78, 5) is 19.8. The molecule has 2 rings (SSSR count). The minimum atomic E-state index is -0.161. The van der Waals surface area contributed by atoms with E-state index in [1.165, 1.54) is 7.11 Å². The topological polar surface area (TPSA) is 76.1 Å². The lowest BCUT2D eigenvalue weighted by Gasteiger charge is -2.09. The number of hydrogen-bond acceptors (Lipinski definition) is 5. The summed E-state index contributed by atoms with van der Waals surface area (Å²) in [5, 5.41) is 0. The molecule has 2 N–H and O–H groups in total. The molecular weight excluding hydrogens is 256 g/mol. The van der Waals surface area contributed by atoms with Crippen molar-refractivity contribution in [2.45, 2.75) is 13.3 Å². The van der Waals surface area contributed by atoms with Crippen LogP contribution in [-0.2, 0) is 11.2 Å². The van der Waals surface area contributed by atoms with Crippen molar-refractivity contribution < 1.29 is 9.53 Å². The van der Waals surface area contributed by atoms with Crippen molar-refractivity contribution in [3.05, 3.63) is 47.7 Å². The minimum absolute atomic E-state index is 0.161. The number of aromatic nitrogens is 2. The van der Waals surface area contributed by atoms with Gasteiger partial charge in [-0.25, -0.2) is 4.98 Å². The fourth-order valence-electron chi connectivity index (χ4n) is 1.67. The lowest BCUT2D eigenvalue weighted by molar-refractivity contribution is -0.119. The van der Waals surface area contributed by atoms with E-state index in [0.717, 1.165) is 11.1 Å². The highest BCUT2D eigenvalue weighted by atomic mass is 16.5. The van der Waals surface area contributed by atoms with Crippen molar-refractivity contribution in [2.24, 2.45) is 0 Å². The van der Waals surface area contributed by atoms with Crippen molar-refractivity contribution in [1.29, 1.82) is 0 Å². The summed E-state index contributed by atoms with van der Waals surface area (Å²) < 4.78 is 4.97.